The zero-order valence-corrected chi connectivity index (χ0v) is 19.5. The van der Waals surface area contributed by atoms with Gasteiger partial charge in [0.1, 0.15) is 17.5 Å². The summed E-state index contributed by atoms with van der Waals surface area (Å²) in [6.45, 7) is 14.4. The van der Waals surface area contributed by atoms with E-state index in [9.17, 15) is 9.59 Å². The third-order valence-corrected chi connectivity index (χ3v) is 7.25. The minimum atomic E-state index is -0.591. The third kappa shape index (κ3) is 4.95. The Bertz CT molecular complexity index is 833. The van der Waals surface area contributed by atoms with Crippen molar-refractivity contribution in [2.75, 3.05) is 13.1 Å². The summed E-state index contributed by atoms with van der Waals surface area (Å²) >= 11 is 1.89. The molecule has 1 aromatic rings. The van der Waals surface area contributed by atoms with E-state index in [0.717, 1.165) is 48.2 Å². The van der Waals surface area contributed by atoms with Crippen molar-refractivity contribution in [2.45, 2.75) is 77.9 Å². The Balaban J connectivity index is 1.77. The number of benzene rings is 1. The summed E-state index contributed by atoms with van der Waals surface area (Å²) in [7, 11) is 0. The maximum atomic E-state index is 13.2. The van der Waals surface area contributed by atoms with E-state index in [1.807, 2.05) is 44.9 Å². The highest BCUT2D eigenvalue weighted by molar-refractivity contribution is 7.98. The first-order valence-corrected chi connectivity index (χ1v) is 11.3. The van der Waals surface area contributed by atoms with Gasteiger partial charge in [0.05, 0.1) is 0 Å². The molecule has 0 unspecified atom stereocenters. The maximum absolute atomic E-state index is 13.2. The van der Waals surface area contributed by atoms with Crippen LogP contribution in [0.2, 0.25) is 0 Å². The van der Waals surface area contributed by atoms with Crippen LogP contribution in [0.3, 0.4) is 0 Å². The van der Waals surface area contributed by atoms with E-state index < -0.39 is 5.92 Å². The van der Waals surface area contributed by atoms with Gasteiger partial charge in [0.2, 0.25) is 0 Å². The molecule has 0 N–H and O–H groups in total. The minimum Gasteiger partial charge on any atom is -0.299 e. The Hall–Kier alpha value is -1.57. The lowest BCUT2D eigenvalue weighted by atomic mass is 9.63. The van der Waals surface area contributed by atoms with Gasteiger partial charge in [0.25, 0.3) is 0 Å². The molecule has 156 valence electrons. The predicted molar refractivity (Wildman–Crippen MR) is 121 cm³/mol. The Labute approximate surface area is 180 Å². The largest absolute Gasteiger partial charge is 0.299 e. The average Bonchev–Trinajstić information content (AvgIpc) is 2.58. The van der Waals surface area contributed by atoms with Gasteiger partial charge in [-0.2, -0.15) is 0 Å². The number of ketones is 2. The molecule has 1 aliphatic carbocycles. The van der Waals surface area contributed by atoms with Crippen LogP contribution in [0, 0.1) is 31.1 Å². The van der Waals surface area contributed by atoms with Crippen molar-refractivity contribution in [1.29, 1.82) is 0 Å². The average molecular weight is 412 g/mol. The summed E-state index contributed by atoms with van der Waals surface area (Å²) < 4.78 is 2.60. The van der Waals surface area contributed by atoms with Crippen molar-refractivity contribution >= 4 is 23.5 Å². The number of Topliss-reactive ketones (excluding diaryl/α,β-unsaturated/α-hetero) is 2. The molecule has 0 bridgehead atoms. The summed E-state index contributed by atoms with van der Waals surface area (Å²) in [6.07, 6.45) is 2.94. The maximum Gasteiger partial charge on any atom is 0.148 e. The van der Waals surface area contributed by atoms with Gasteiger partial charge in [-0.05, 0) is 88.6 Å². The number of hydrogen-bond acceptors (Lipinski definition) is 4. The van der Waals surface area contributed by atoms with Crippen LogP contribution >= 0.6 is 11.9 Å². The van der Waals surface area contributed by atoms with Crippen LogP contribution < -0.4 is 0 Å². The lowest BCUT2D eigenvalue weighted by molar-refractivity contribution is -0.138. The molecule has 2 fully saturated rings. The van der Waals surface area contributed by atoms with E-state index in [-0.39, 0.29) is 21.7 Å². The van der Waals surface area contributed by atoms with Gasteiger partial charge < -0.3 is 0 Å². The van der Waals surface area contributed by atoms with Gasteiger partial charge in [0.15, 0.2) is 0 Å². The lowest BCUT2D eigenvalue weighted by Gasteiger charge is -2.45. The fraction of sp³-hybridized carbons (Fsp3) is 0.600. The van der Waals surface area contributed by atoms with Crippen LogP contribution in [0.15, 0.2) is 12.1 Å². The van der Waals surface area contributed by atoms with Crippen LogP contribution in [0.1, 0.15) is 81.5 Å². The van der Waals surface area contributed by atoms with Gasteiger partial charge in [0, 0.05) is 36.2 Å². The first-order chi connectivity index (χ1) is 13.5. The van der Waals surface area contributed by atoms with Crippen LogP contribution in [0.25, 0.3) is 0 Å². The Morgan fingerprint density at radius 3 is 2.00 bits per heavy atom. The quantitative estimate of drug-likeness (QED) is 0.380. The molecule has 3 nitrogen and oxygen atoms in total. The molecule has 0 radical (unpaired) electrons. The van der Waals surface area contributed by atoms with Crippen molar-refractivity contribution < 1.29 is 9.59 Å². The summed E-state index contributed by atoms with van der Waals surface area (Å²) in [5.74, 6) is 5.63. The molecule has 2 aliphatic rings. The van der Waals surface area contributed by atoms with Gasteiger partial charge in [-0.3, -0.25) is 13.9 Å². The molecule has 1 aromatic carbocycles. The number of rotatable bonds is 2. The monoisotopic (exact) mass is 411 g/mol. The fourth-order valence-corrected chi connectivity index (χ4v) is 6.09. The summed E-state index contributed by atoms with van der Waals surface area (Å²) in [6, 6.07) is 4.01. The first-order valence-electron chi connectivity index (χ1n) is 10.6. The van der Waals surface area contributed by atoms with Gasteiger partial charge in [-0.1, -0.05) is 17.9 Å². The molecule has 1 aliphatic heterocycles. The van der Waals surface area contributed by atoms with E-state index in [4.69, 9.17) is 0 Å². The second-order valence-corrected chi connectivity index (χ2v) is 11.7. The first kappa shape index (κ1) is 22.1. The van der Waals surface area contributed by atoms with Crippen molar-refractivity contribution in [3.63, 3.8) is 0 Å². The molecule has 1 saturated carbocycles. The number of nitrogens with zero attached hydrogens (tertiary/aromatic N) is 1. The molecule has 0 aromatic heterocycles. The molecule has 0 atom stereocenters. The smallest absolute Gasteiger partial charge is 0.148 e. The lowest BCUT2D eigenvalue weighted by Crippen LogP contribution is -2.46. The zero-order valence-electron chi connectivity index (χ0n) is 18.6. The SMILES string of the molecule is CC#Cc1cc(C)c(C2C(=O)CC3(CCN(SC(C)(C)C)CC3)CC2=O)c(C)c1. The van der Waals surface area contributed by atoms with Gasteiger partial charge in [-0.25, -0.2) is 0 Å². The van der Waals surface area contributed by atoms with E-state index >= 15 is 0 Å². The highest BCUT2D eigenvalue weighted by Crippen LogP contribution is 2.48. The third-order valence-electron chi connectivity index (χ3n) is 6.08. The van der Waals surface area contributed by atoms with Gasteiger partial charge in [-0.15, -0.1) is 5.92 Å². The summed E-state index contributed by atoms with van der Waals surface area (Å²) in [5.41, 5.74) is 3.73. The zero-order chi connectivity index (χ0) is 21.4. The van der Waals surface area contributed by atoms with Crippen LogP contribution in [0.5, 0.6) is 0 Å². The van der Waals surface area contributed by atoms with Crippen molar-refractivity contribution in [3.05, 3.63) is 34.4 Å². The molecular formula is C25H33NO2S. The van der Waals surface area contributed by atoms with Crippen LogP contribution in [-0.2, 0) is 9.59 Å². The predicted octanol–water partition coefficient (Wildman–Crippen LogP) is 5.22. The number of piperidine rings is 1. The normalized spacial score (nSPS) is 20.6. The number of carbonyl (C=O) groups excluding carboxylic acids is 2. The molecule has 1 saturated heterocycles. The Morgan fingerprint density at radius 1 is 1.03 bits per heavy atom. The second kappa shape index (κ2) is 8.28. The van der Waals surface area contributed by atoms with E-state index in [1.54, 1.807) is 0 Å². The van der Waals surface area contributed by atoms with Crippen LogP contribution in [-0.4, -0.2) is 33.7 Å². The highest BCUT2D eigenvalue weighted by atomic mass is 32.2. The molecular weight excluding hydrogens is 378 g/mol. The number of carbonyl (C=O) groups is 2. The molecule has 1 heterocycles. The van der Waals surface area contributed by atoms with Crippen molar-refractivity contribution in [2.24, 2.45) is 5.41 Å². The standard InChI is InChI=1S/C25H33NO2S/c1-7-8-19-13-17(2)22(18(3)14-19)23-20(27)15-25(16-21(23)28)9-11-26(12-10-25)29-24(4,5)6/h13-14,23H,9-12,15-16H2,1-6H3. The summed E-state index contributed by atoms with van der Waals surface area (Å²) in [4.78, 5) is 26.5. The minimum absolute atomic E-state index is 0.110. The molecule has 0 amide bonds. The highest BCUT2D eigenvalue weighted by Gasteiger charge is 2.47. The Kier molecular flexibility index (Phi) is 6.32. The molecule has 4 heteroatoms. The van der Waals surface area contributed by atoms with E-state index in [0.29, 0.717) is 12.8 Å². The summed E-state index contributed by atoms with van der Waals surface area (Å²) in [5, 5.41) is 0. The molecule has 1 spiro atoms. The van der Waals surface area contributed by atoms with Crippen LogP contribution in [0.4, 0.5) is 0 Å². The number of aryl methyl sites for hydroxylation is 2. The van der Waals surface area contributed by atoms with Gasteiger partial charge >= 0.3 is 0 Å². The topological polar surface area (TPSA) is 37.4 Å². The second-order valence-electron chi connectivity index (χ2n) is 9.75. The Morgan fingerprint density at radius 2 is 1.55 bits per heavy atom. The van der Waals surface area contributed by atoms with Crippen molar-refractivity contribution in [3.8, 4) is 11.8 Å². The fourth-order valence-electron chi connectivity index (χ4n) is 4.95. The number of hydrogen-bond donors (Lipinski definition) is 0. The van der Waals surface area contributed by atoms with Crippen molar-refractivity contribution in [1.82, 2.24) is 4.31 Å². The molecule has 3 rings (SSSR count). The van der Waals surface area contributed by atoms with E-state index in [2.05, 4.69) is 36.9 Å². The molecule has 29 heavy (non-hydrogen) atoms. The van der Waals surface area contributed by atoms with E-state index in [1.165, 1.54) is 0 Å².